The van der Waals surface area contributed by atoms with Gasteiger partial charge < -0.3 is 10.1 Å². The molecular formula is C13H17F3N2O4S. The summed E-state index contributed by atoms with van der Waals surface area (Å²) in [7, 11) is -3.84. The van der Waals surface area contributed by atoms with Crippen molar-refractivity contribution in [3.05, 3.63) is 24.3 Å². The van der Waals surface area contributed by atoms with Gasteiger partial charge >= 0.3 is 6.18 Å². The summed E-state index contributed by atoms with van der Waals surface area (Å²) in [5.41, 5.74) is 0. The second-order valence-corrected chi connectivity index (χ2v) is 6.21. The van der Waals surface area contributed by atoms with E-state index in [2.05, 4.69) is 4.72 Å². The first-order valence-corrected chi connectivity index (χ1v) is 8.18. The SMILES string of the molecule is CCOc1ccc(S(=O)(=O)NCCC(=O)NCC(F)(F)F)cc1. The molecule has 0 aliphatic rings. The van der Waals surface area contributed by atoms with Crippen molar-refractivity contribution < 1.29 is 31.1 Å². The minimum atomic E-state index is -4.50. The molecule has 130 valence electrons. The van der Waals surface area contributed by atoms with Gasteiger partial charge in [0.15, 0.2) is 0 Å². The van der Waals surface area contributed by atoms with Crippen LogP contribution in [-0.4, -0.2) is 40.2 Å². The molecule has 1 aromatic carbocycles. The van der Waals surface area contributed by atoms with E-state index in [0.717, 1.165) is 0 Å². The highest BCUT2D eigenvalue weighted by Gasteiger charge is 2.27. The number of hydrogen-bond donors (Lipinski definition) is 2. The largest absolute Gasteiger partial charge is 0.494 e. The van der Waals surface area contributed by atoms with Gasteiger partial charge in [0, 0.05) is 13.0 Å². The maximum Gasteiger partial charge on any atom is 0.405 e. The molecule has 0 radical (unpaired) electrons. The van der Waals surface area contributed by atoms with E-state index >= 15 is 0 Å². The Morgan fingerprint density at radius 1 is 1.22 bits per heavy atom. The molecule has 2 N–H and O–H groups in total. The van der Waals surface area contributed by atoms with E-state index in [4.69, 9.17) is 4.74 Å². The van der Waals surface area contributed by atoms with Crippen molar-refractivity contribution >= 4 is 15.9 Å². The van der Waals surface area contributed by atoms with Gasteiger partial charge in [0.25, 0.3) is 0 Å². The quantitative estimate of drug-likeness (QED) is 0.740. The lowest BCUT2D eigenvalue weighted by Gasteiger charge is -2.10. The van der Waals surface area contributed by atoms with Crippen LogP contribution in [-0.2, 0) is 14.8 Å². The summed E-state index contributed by atoms with van der Waals surface area (Å²) >= 11 is 0. The second kappa shape index (κ2) is 8.16. The zero-order chi connectivity index (χ0) is 17.5. The molecule has 0 bridgehead atoms. The monoisotopic (exact) mass is 354 g/mol. The lowest BCUT2D eigenvalue weighted by atomic mass is 10.3. The summed E-state index contributed by atoms with van der Waals surface area (Å²) in [5, 5.41) is 1.65. The fourth-order valence-electron chi connectivity index (χ4n) is 1.55. The molecule has 1 amide bonds. The highest BCUT2D eigenvalue weighted by Crippen LogP contribution is 2.15. The van der Waals surface area contributed by atoms with Crippen LogP contribution >= 0.6 is 0 Å². The standard InChI is InChI=1S/C13H17F3N2O4S/c1-2-22-10-3-5-11(6-4-10)23(20,21)18-8-7-12(19)17-9-13(14,15)16/h3-6,18H,2,7-9H2,1H3,(H,17,19). The number of alkyl halides is 3. The highest BCUT2D eigenvalue weighted by molar-refractivity contribution is 7.89. The van der Waals surface area contributed by atoms with Crippen LogP contribution in [0.5, 0.6) is 5.75 Å². The van der Waals surface area contributed by atoms with Gasteiger partial charge in [-0.1, -0.05) is 0 Å². The van der Waals surface area contributed by atoms with Crippen LogP contribution in [0.15, 0.2) is 29.2 Å². The van der Waals surface area contributed by atoms with E-state index < -0.39 is 35.1 Å². The zero-order valence-corrected chi connectivity index (χ0v) is 13.1. The molecule has 0 spiro atoms. The molecule has 10 heteroatoms. The van der Waals surface area contributed by atoms with Gasteiger partial charge in [-0.3, -0.25) is 4.79 Å². The Hall–Kier alpha value is -1.81. The van der Waals surface area contributed by atoms with E-state index in [1.807, 2.05) is 0 Å². The number of sulfonamides is 1. The van der Waals surface area contributed by atoms with E-state index in [0.29, 0.717) is 12.4 Å². The van der Waals surface area contributed by atoms with Crippen LogP contribution < -0.4 is 14.8 Å². The van der Waals surface area contributed by atoms with E-state index in [1.165, 1.54) is 24.3 Å². The van der Waals surface area contributed by atoms with Gasteiger partial charge in [0.2, 0.25) is 15.9 Å². The molecule has 0 saturated carbocycles. The van der Waals surface area contributed by atoms with E-state index in [-0.39, 0.29) is 11.4 Å². The van der Waals surface area contributed by atoms with Crippen molar-refractivity contribution in [3.8, 4) is 5.75 Å². The van der Waals surface area contributed by atoms with Crippen molar-refractivity contribution in [1.29, 1.82) is 0 Å². The molecule has 0 aromatic heterocycles. The smallest absolute Gasteiger partial charge is 0.405 e. The molecule has 1 rings (SSSR count). The maximum absolute atomic E-state index is 11.9. The van der Waals surface area contributed by atoms with Gasteiger partial charge in [0.1, 0.15) is 12.3 Å². The van der Waals surface area contributed by atoms with Crippen LogP contribution in [0.4, 0.5) is 13.2 Å². The first-order chi connectivity index (χ1) is 10.6. The molecule has 23 heavy (non-hydrogen) atoms. The molecular weight excluding hydrogens is 337 g/mol. The van der Waals surface area contributed by atoms with E-state index in [9.17, 15) is 26.4 Å². The topological polar surface area (TPSA) is 84.5 Å². The zero-order valence-electron chi connectivity index (χ0n) is 12.3. The Morgan fingerprint density at radius 3 is 2.35 bits per heavy atom. The molecule has 0 heterocycles. The summed E-state index contributed by atoms with van der Waals surface area (Å²) < 4.78 is 66.9. The number of carbonyl (C=O) groups is 1. The van der Waals surface area contributed by atoms with Crippen LogP contribution in [0.3, 0.4) is 0 Å². The van der Waals surface area contributed by atoms with E-state index in [1.54, 1.807) is 12.2 Å². The van der Waals surface area contributed by atoms with Crippen LogP contribution in [0.25, 0.3) is 0 Å². The fraction of sp³-hybridized carbons (Fsp3) is 0.462. The molecule has 6 nitrogen and oxygen atoms in total. The predicted molar refractivity (Wildman–Crippen MR) is 76.5 cm³/mol. The first-order valence-electron chi connectivity index (χ1n) is 6.70. The number of ether oxygens (including phenoxy) is 1. The van der Waals surface area contributed by atoms with Crippen molar-refractivity contribution in [2.75, 3.05) is 19.7 Å². The van der Waals surface area contributed by atoms with Gasteiger partial charge in [-0.2, -0.15) is 13.2 Å². The summed E-state index contributed by atoms with van der Waals surface area (Å²) in [6.45, 7) is 0.476. The van der Waals surface area contributed by atoms with Crippen LogP contribution in [0.1, 0.15) is 13.3 Å². The van der Waals surface area contributed by atoms with Crippen molar-refractivity contribution in [1.82, 2.24) is 10.0 Å². The Balaban J connectivity index is 2.48. The van der Waals surface area contributed by atoms with Gasteiger partial charge in [-0.25, -0.2) is 13.1 Å². The molecule has 0 unspecified atom stereocenters. The molecule has 0 aliphatic heterocycles. The third-order valence-corrected chi connectivity index (χ3v) is 4.05. The summed E-state index contributed by atoms with van der Waals surface area (Å²) in [6, 6.07) is 5.62. The normalized spacial score (nSPS) is 12.0. The number of hydrogen-bond acceptors (Lipinski definition) is 4. The minimum Gasteiger partial charge on any atom is -0.494 e. The fourth-order valence-corrected chi connectivity index (χ4v) is 2.58. The van der Waals surface area contributed by atoms with Crippen LogP contribution in [0.2, 0.25) is 0 Å². The summed E-state index contributed by atoms with van der Waals surface area (Å²) in [6.07, 6.45) is -4.90. The van der Waals surface area contributed by atoms with Crippen LogP contribution in [0, 0.1) is 0 Å². The number of carbonyl (C=O) groups excluding carboxylic acids is 1. The Bertz CT molecular complexity index is 615. The number of rotatable bonds is 8. The molecule has 0 saturated heterocycles. The minimum absolute atomic E-state index is 0.0309. The first kappa shape index (κ1) is 19.2. The number of benzene rings is 1. The van der Waals surface area contributed by atoms with Crippen molar-refractivity contribution in [3.63, 3.8) is 0 Å². The number of halogens is 3. The number of amides is 1. The third-order valence-electron chi connectivity index (χ3n) is 2.58. The average molecular weight is 354 g/mol. The van der Waals surface area contributed by atoms with Gasteiger partial charge in [0.05, 0.1) is 11.5 Å². The Kier molecular flexibility index (Phi) is 6.82. The Morgan fingerprint density at radius 2 is 1.83 bits per heavy atom. The van der Waals surface area contributed by atoms with Crippen molar-refractivity contribution in [2.45, 2.75) is 24.4 Å². The molecule has 0 aliphatic carbocycles. The highest BCUT2D eigenvalue weighted by atomic mass is 32.2. The molecule has 0 fully saturated rings. The average Bonchev–Trinajstić information content (AvgIpc) is 2.45. The summed E-state index contributed by atoms with van der Waals surface area (Å²) in [5.74, 6) is -0.380. The van der Waals surface area contributed by atoms with Gasteiger partial charge in [-0.15, -0.1) is 0 Å². The van der Waals surface area contributed by atoms with Crippen molar-refractivity contribution in [2.24, 2.45) is 0 Å². The van der Waals surface area contributed by atoms with Gasteiger partial charge in [-0.05, 0) is 31.2 Å². The lowest BCUT2D eigenvalue weighted by molar-refractivity contribution is -0.138. The molecule has 0 atom stereocenters. The lowest BCUT2D eigenvalue weighted by Crippen LogP contribution is -2.36. The summed E-state index contributed by atoms with van der Waals surface area (Å²) in [4.78, 5) is 11.1. The maximum atomic E-state index is 11.9. The Labute approximate surface area is 132 Å². The molecule has 1 aromatic rings. The third kappa shape index (κ3) is 7.33. The number of nitrogens with one attached hydrogen (secondary N) is 2. The predicted octanol–water partition coefficient (Wildman–Crippen LogP) is 1.43. The second-order valence-electron chi connectivity index (χ2n) is 4.44.